The van der Waals surface area contributed by atoms with Gasteiger partial charge in [0.2, 0.25) is 0 Å². The lowest BCUT2D eigenvalue weighted by Crippen LogP contribution is -2.21. The normalized spacial score (nSPS) is 11.5. The van der Waals surface area contributed by atoms with E-state index in [-0.39, 0.29) is 44.6 Å². The van der Waals surface area contributed by atoms with E-state index < -0.39 is 17.2 Å². The highest BCUT2D eigenvalue weighted by Gasteiger charge is 2.32. The van der Waals surface area contributed by atoms with Gasteiger partial charge in [0.25, 0.3) is 0 Å². The third-order valence-corrected chi connectivity index (χ3v) is 5.93. The van der Waals surface area contributed by atoms with Crippen molar-refractivity contribution in [2.45, 2.75) is 5.92 Å². The summed E-state index contributed by atoms with van der Waals surface area (Å²) >= 11 is 12.0. The summed E-state index contributed by atoms with van der Waals surface area (Å²) in [7, 11) is 0. The first-order valence-corrected chi connectivity index (χ1v) is 10.6. The van der Waals surface area contributed by atoms with Crippen LogP contribution in [0.5, 0.6) is 11.5 Å². The van der Waals surface area contributed by atoms with Crippen LogP contribution in [0, 0.1) is 0 Å². The van der Waals surface area contributed by atoms with Crippen LogP contribution in [0.4, 0.5) is 0 Å². The summed E-state index contributed by atoms with van der Waals surface area (Å²) in [6, 6.07) is 17.4. The first kappa shape index (κ1) is 21.1. The van der Waals surface area contributed by atoms with Crippen molar-refractivity contribution in [1.29, 1.82) is 0 Å². The van der Waals surface area contributed by atoms with Crippen LogP contribution >= 0.6 is 23.2 Å². The van der Waals surface area contributed by atoms with Gasteiger partial charge in [-0.05, 0) is 29.8 Å². The van der Waals surface area contributed by atoms with Gasteiger partial charge >= 0.3 is 11.3 Å². The van der Waals surface area contributed by atoms with Crippen LogP contribution in [-0.4, -0.2) is 10.2 Å². The molecule has 0 unspecified atom stereocenters. The first-order valence-electron chi connectivity index (χ1n) is 9.80. The van der Waals surface area contributed by atoms with Crippen LogP contribution < -0.4 is 11.3 Å². The predicted octanol–water partition coefficient (Wildman–Crippen LogP) is 5.80. The molecular weight excluding hydrogens is 467 g/mol. The van der Waals surface area contributed by atoms with Crippen molar-refractivity contribution in [3.63, 3.8) is 0 Å². The standard InChI is InChI=1S/C25H14Cl2O6/c26-13-6-8-15-17(10-13)32-24(30)20(22(15)28)19(12-4-2-1-3-5-12)21-23(29)16-9-7-14(27)11-18(16)33-25(21)31/h1-11,19,28-29H. The van der Waals surface area contributed by atoms with E-state index in [4.69, 9.17) is 32.0 Å². The Balaban J connectivity index is 1.89. The van der Waals surface area contributed by atoms with Gasteiger partial charge in [-0.1, -0.05) is 53.5 Å². The molecular formula is C25H14Cl2O6. The second-order valence-electron chi connectivity index (χ2n) is 7.43. The highest BCUT2D eigenvalue weighted by molar-refractivity contribution is 6.31. The average Bonchev–Trinajstić information content (AvgIpc) is 2.78. The summed E-state index contributed by atoms with van der Waals surface area (Å²) in [4.78, 5) is 26.2. The molecule has 0 atom stereocenters. The fraction of sp³-hybridized carbons (Fsp3) is 0.0400. The van der Waals surface area contributed by atoms with E-state index in [2.05, 4.69) is 0 Å². The molecule has 0 spiro atoms. The molecule has 0 aliphatic carbocycles. The summed E-state index contributed by atoms with van der Waals surface area (Å²) in [5.74, 6) is -1.96. The second-order valence-corrected chi connectivity index (χ2v) is 8.30. The highest BCUT2D eigenvalue weighted by Crippen LogP contribution is 2.42. The van der Waals surface area contributed by atoms with E-state index >= 15 is 0 Å². The zero-order valence-corrected chi connectivity index (χ0v) is 18.2. The topological polar surface area (TPSA) is 101 Å². The number of aromatic hydroxyl groups is 2. The summed E-state index contributed by atoms with van der Waals surface area (Å²) in [5.41, 5.74) is -1.56. The van der Waals surface area contributed by atoms with Gasteiger partial charge in [0.15, 0.2) is 0 Å². The highest BCUT2D eigenvalue weighted by atomic mass is 35.5. The Labute approximate surface area is 195 Å². The number of fused-ring (bicyclic) bond motifs is 2. The molecule has 0 fully saturated rings. The van der Waals surface area contributed by atoms with Gasteiger partial charge in [0.1, 0.15) is 22.7 Å². The minimum atomic E-state index is -1.18. The van der Waals surface area contributed by atoms with Crippen LogP contribution in [0.25, 0.3) is 21.9 Å². The Hall–Kier alpha value is -3.74. The van der Waals surface area contributed by atoms with E-state index in [9.17, 15) is 19.8 Å². The zero-order valence-electron chi connectivity index (χ0n) is 16.7. The molecule has 2 N–H and O–H groups in total. The van der Waals surface area contributed by atoms with Crippen LogP contribution in [0.1, 0.15) is 22.6 Å². The van der Waals surface area contributed by atoms with Crippen molar-refractivity contribution in [2.75, 3.05) is 0 Å². The number of hydrogen-bond acceptors (Lipinski definition) is 6. The van der Waals surface area contributed by atoms with Crippen molar-refractivity contribution >= 4 is 45.1 Å². The van der Waals surface area contributed by atoms with Gasteiger partial charge in [-0.3, -0.25) is 0 Å². The van der Waals surface area contributed by atoms with Gasteiger partial charge in [-0.2, -0.15) is 0 Å². The number of rotatable bonds is 3. The van der Waals surface area contributed by atoms with Crippen molar-refractivity contribution in [3.8, 4) is 11.5 Å². The monoisotopic (exact) mass is 480 g/mol. The maximum absolute atomic E-state index is 13.1. The SMILES string of the molecule is O=c1oc2cc(Cl)ccc2c(O)c1C(c1ccccc1)c1c(O)c2ccc(Cl)cc2oc1=O. The fourth-order valence-electron chi connectivity index (χ4n) is 3.98. The Kier molecular flexibility index (Phi) is 5.12. The Morgan fingerprint density at radius 2 is 1.12 bits per heavy atom. The van der Waals surface area contributed by atoms with Crippen LogP contribution in [0.3, 0.4) is 0 Å². The van der Waals surface area contributed by atoms with Gasteiger partial charge < -0.3 is 19.0 Å². The van der Waals surface area contributed by atoms with E-state index in [1.165, 1.54) is 36.4 Å². The molecule has 164 valence electrons. The molecule has 5 aromatic rings. The van der Waals surface area contributed by atoms with Crippen LogP contribution in [-0.2, 0) is 0 Å². The quantitative estimate of drug-likeness (QED) is 0.316. The van der Waals surface area contributed by atoms with E-state index in [0.717, 1.165) is 0 Å². The smallest absolute Gasteiger partial charge is 0.344 e. The third kappa shape index (κ3) is 3.53. The summed E-state index contributed by atoms with van der Waals surface area (Å²) < 4.78 is 10.9. The lowest BCUT2D eigenvalue weighted by Gasteiger charge is -2.19. The van der Waals surface area contributed by atoms with Crippen LogP contribution in [0.15, 0.2) is 85.2 Å². The molecule has 3 aromatic carbocycles. The molecule has 0 aliphatic heterocycles. The molecule has 0 radical (unpaired) electrons. The second kappa shape index (κ2) is 7.99. The lowest BCUT2D eigenvalue weighted by molar-refractivity contribution is 0.441. The van der Waals surface area contributed by atoms with Crippen molar-refractivity contribution in [3.05, 3.63) is 114 Å². The summed E-state index contributed by atoms with van der Waals surface area (Å²) in [6.07, 6.45) is 0. The molecule has 0 bridgehead atoms. The molecule has 0 saturated heterocycles. The Morgan fingerprint density at radius 3 is 1.58 bits per heavy atom. The third-order valence-electron chi connectivity index (χ3n) is 5.46. The number of benzene rings is 3. The number of halogens is 2. The van der Waals surface area contributed by atoms with E-state index in [1.807, 2.05) is 0 Å². The Morgan fingerprint density at radius 1 is 0.667 bits per heavy atom. The van der Waals surface area contributed by atoms with Gasteiger partial charge in [0.05, 0.1) is 27.8 Å². The molecule has 8 heteroatoms. The first-order chi connectivity index (χ1) is 15.8. The van der Waals surface area contributed by atoms with E-state index in [0.29, 0.717) is 15.6 Å². The maximum Gasteiger partial charge on any atom is 0.344 e. The van der Waals surface area contributed by atoms with Gasteiger partial charge in [0, 0.05) is 22.2 Å². The molecule has 0 aliphatic rings. The van der Waals surface area contributed by atoms with Crippen molar-refractivity contribution in [2.24, 2.45) is 0 Å². The van der Waals surface area contributed by atoms with E-state index in [1.54, 1.807) is 30.3 Å². The summed E-state index contributed by atoms with van der Waals surface area (Å²) in [5, 5.41) is 23.3. The largest absolute Gasteiger partial charge is 0.507 e. The molecule has 0 amide bonds. The van der Waals surface area contributed by atoms with Crippen molar-refractivity contribution < 1.29 is 19.0 Å². The number of hydrogen-bond donors (Lipinski definition) is 2. The zero-order chi connectivity index (χ0) is 23.3. The Bertz CT molecular complexity index is 1550. The van der Waals surface area contributed by atoms with Crippen LogP contribution in [0.2, 0.25) is 10.0 Å². The molecule has 5 rings (SSSR count). The molecule has 33 heavy (non-hydrogen) atoms. The summed E-state index contributed by atoms with van der Waals surface area (Å²) in [6.45, 7) is 0. The molecule has 0 saturated carbocycles. The van der Waals surface area contributed by atoms with Gasteiger partial charge in [-0.15, -0.1) is 0 Å². The van der Waals surface area contributed by atoms with Gasteiger partial charge in [-0.25, -0.2) is 9.59 Å². The lowest BCUT2D eigenvalue weighted by atomic mass is 9.84. The molecule has 2 aromatic heterocycles. The molecule has 2 heterocycles. The fourth-order valence-corrected chi connectivity index (χ4v) is 4.30. The predicted molar refractivity (Wildman–Crippen MR) is 126 cm³/mol. The molecule has 6 nitrogen and oxygen atoms in total. The minimum absolute atomic E-state index is 0.0879. The minimum Gasteiger partial charge on any atom is -0.507 e. The van der Waals surface area contributed by atoms with Crippen molar-refractivity contribution in [1.82, 2.24) is 0 Å². The average molecular weight is 481 g/mol. The maximum atomic E-state index is 13.1.